The fourth-order valence-corrected chi connectivity index (χ4v) is 102. The first-order chi connectivity index (χ1) is 14.3. The van der Waals surface area contributed by atoms with Gasteiger partial charge in [0, 0.05) is 0 Å². The van der Waals surface area contributed by atoms with Crippen LogP contribution in [0.3, 0.4) is 0 Å². The molecule has 0 radical (unpaired) electrons. The van der Waals surface area contributed by atoms with Gasteiger partial charge in [-0.2, -0.15) is 0 Å². The Balaban J connectivity index is 1.72. The van der Waals surface area contributed by atoms with Crippen molar-refractivity contribution in [3.63, 3.8) is 0 Å². The quantitative estimate of drug-likeness (QED) is 0.264. The van der Waals surface area contributed by atoms with Crippen molar-refractivity contribution in [3.8, 4) is 0 Å². The first-order valence-corrected chi connectivity index (χ1v) is 26.5. The van der Waals surface area contributed by atoms with E-state index in [0.717, 1.165) is 0 Å². The van der Waals surface area contributed by atoms with E-state index >= 15 is 0 Å². The van der Waals surface area contributed by atoms with Crippen LogP contribution < -0.4 is 26.1 Å². The van der Waals surface area contributed by atoms with Crippen LogP contribution in [0, 0.1) is 0 Å². The number of nitrogens with one attached hydrogen (secondary N) is 1. The normalized spacial score (nSPS) is 17.1. The van der Waals surface area contributed by atoms with Gasteiger partial charge in [0.2, 0.25) is 0 Å². The second-order valence-corrected chi connectivity index (χ2v) is 41.5. The third kappa shape index (κ3) is 3.74. The van der Waals surface area contributed by atoms with Crippen LogP contribution in [0.25, 0.3) is 0 Å². The average molecular weight is 641 g/mol. The number of benzene rings is 4. The van der Waals surface area contributed by atoms with Gasteiger partial charge in [-0.25, -0.2) is 0 Å². The summed E-state index contributed by atoms with van der Waals surface area (Å²) in [4.78, 5) is 4.52. The molecule has 1 nitrogen and oxygen atoms in total. The van der Waals surface area contributed by atoms with E-state index in [9.17, 15) is 0 Å². The van der Waals surface area contributed by atoms with Crippen LogP contribution in [0.4, 0.5) is 0 Å². The van der Waals surface area contributed by atoms with Crippen molar-refractivity contribution in [2.45, 2.75) is 0 Å². The molecule has 5 heteroatoms. The zero-order chi connectivity index (χ0) is 19.6. The summed E-state index contributed by atoms with van der Waals surface area (Å²) < 4.78 is 0. The Kier molecular flexibility index (Phi) is 6.13. The minimum atomic E-state index is -1.52. The molecule has 142 valence electrons. The number of rotatable bonds is 4. The van der Waals surface area contributed by atoms with Crippen LogP contribution in [0.2, 0.25) is 0 Å². The molecule has 5 rings (SSSR count). The summed E-state index contributed by atoms with van der Waals surface area (Å²) in [6.45, 7) is 0. The van der Waals surface area contributed by atoms with E-state index < -0.39 is 10.2 Å². The van der Waals surface area contributed by atoms with E-state index in [1.54, 1.807) is 21.2 Å². The monoisotopic (exact) mass is 645 g/mol. The molecule has 29 heavy (non-hydrogen) atoms. The molecule has 0 bridgehead atoms. The van der Waals surface area contributed by atoms with Crippen LogP contribution >= 0.6 is 10.2 Å². The van der Waals surface area contributed by atoms with E-state index in [1.807, 2.05) is 0 Å². The van der Waals surface area contributed by atoms with Crippen molar-refractivity contribution in [3.05, 3.63) is 121 Å². The summed E-state index contributed by atoms with van der Waals surface area (Å²) >= 11 is -0.315. The van der Waals surface area contributed by atoms with Gasteiger partial charge in [-0.1, -0.05) is 0 Å². The average Bonchev–Trinajstić information content (AvgIpc) is 3.25. The van der Waals surface area contributed by atoms with Gasteiger partial charge in [0.05, 0.1) is 0 Å². The van der Waals surface area contributed by atoms with Crippen molar-refractivity contribution in [2.75, 3.05) is 0 Å². The van der Waals surface area contributed by atoms with E-state index in [1.165, 1.54) is 0 Å². The Morgan fingerprint density at radius 1 is 0.379 bits per heavy atom. The van der Waals surface area contributed by atoms with Gasteiger partial charge in [0.25, 0.3) is 0 Å². The molecule has 0 aliphatic carbocycles. The van der Waals surface area contributed by atoms with Gasteiger partial charge in [-0.3, -0.25) is 0 Å². The molecule has 4 aromatic carbocycles. The molecule has 0 spiro atoms. The van der Waals surface area contributed by atoms with Gasteiger partial charge in [0.1, 0.15) is 0 Å². The third-order valence-corrected chi connectivity index (χ3v) is 66.2. The van der Waals surface area contributed by atoms with Gasteiger partial charge in [-0.15, -0.1) is 0 Å². The SMILES string of the molecule is c1ccc([P+]2(c3ccccc3)N[P+](c3ccccc3)(c3ccccc3)[Te][Te]2)cc1. The molecular weight excluding hydrogens is 619 g/mol. The predicted octanol–water partition coefficient (Wildman–Crippen LogP) is 3.91. The fraction of sp³-hybridized carbons (Fsp3) is 0. The molecule has 0 amide bonds. The second kappa shape index (κ2) is 8.80. The third-order valence-electron chi connectivity index (χ3n) is 5.02. The standard InChI is InChI=1S/C24H21NP2Te2/c1-5-13-21(14-6-1)26(22-15-7-2-8-16-22)25-27(29-28-26,23-17-9-3-10-18-23)24-19-11-4-12-20-24/h1-20,25H/q+2. The van der Waals surface area contributed by atoms with E-state index in [-0.39, 0.29) is 33.0 Å². The molecule has 0 unspecified atom stereocenters. The zero-order valence-corrected chi connectivity index (χ0v) is 22.2. The summed E-state index contributed by atoms with van der Waals surface area (Å²) in [5.74, 6) is 0. The summed E-state index contributed by atoms with van der Waals surface area (Å²) in [6, 6.07) is 45.4. The van der Waals surface area contributed by atoms with E-state index in [2.05, 4.69) is 126 Å². The Morgan fingerprint density at radius 2 is 0.621 bits per heavy atom. The van der Waals surface area contributed by atoms with Gasteiger partial charge < -0.3 is 0 Å². The summed E-state index contributed by atoms with van der Waals surface area (Å²) in [7, 11) is 0. The van der Waals surface area contributed by atoms with Gasteiger partial charge >= 0.3 is 191 Å². The van der Waals surface area contributed by atoms with Crippen molar-refractivity contribution in [2.24, 2.45) is 0 Å². The molecule has 4 aromatic rings. The molecule has 1 saturated heterocycles. The second-order valence-electron chi connectivity index (χ2n) is 6.81. The van der Waals surface area contributed by atoms with Crippen LogP contribution in [-0.2, 0) is 0 Å². The maximum absolute atomic E-state index is 4.52. The van der Waals surface area contributed by atoms with E-state index in [0.29, 0.717) is 0 Å². The van der Waals surface area contributed by atoms with Crippen molar-refractivity contribution >= 4 is 64.4 Å². The topological polar surface area (TPSA) is 12.0 Å². The Labute approximate surface area is 189 Å². The van der Waals surface area contributed by atoms with E-state index in [4.69, 9.17) is 0 Å². The molecule has 0 saturated carbocycles. The van der Waals surface area contributed by atoms with Crippen LogP contribution in [-0.4, -0.2) is 33.0 Å². The fourth-order valence-electron chi connectivity index (χ4n) is 3.58. The zero-order valence-electron chi connectivity index (χ0n) is 15.8. The van der Waals surface area contributed by atoms with Crippen LogP contribution in [0.15, 0.2) is 121 Å². The molecule has 1 fully saturated rings. The Morgan fingerprint density at radius 3 is 0.862 bits per heavy atom. The first kappa shape index (κ1) is 20.2. The molecule has 1 aliphatic rings. The summed E-state index contributed by atoms with van der Waals surface area (Å²) in [5.41, 5.74) is 0. The number of hydrogen-bond donors (Lipinski definition) is 1. The van der Waals surface area contributed by atoms with Crippen LogP contribution in [0.5, 0.6) is 0 Å². The Bertz CT molecular complexity index is 909. The Hall–Kier alpha value is -0.721. The number of hydrogen-bond acceptors (Lipinski definition) is 1. The van der Waals surface area contributed by atoms with Crippen molar-refractivity contribution < 1.29 is 0 Å². The molecule has 1 heterocycles. The van der Waals surface area contributed by atoms with Crippen LogP contribution in [0.1, 0.15) is 0 Å². The summed E-state index contributed by atoms with van der Waals surface area (Å²) in [6.07, 6.45) is 0. The predicted molar refractivity (Wildman–Crippen MR) is 133 cm³/mol. The van der Waals surface area contributed by atoms with Crippen molar-refractivity contribution in [1.29, 1.82) is 0 Å². The molecule has 1 aliphatic heterocycles. The molecule has 0 atom stereocenters. The summed E-state index contributed by atoms with van der Waals surface area (Å²) in [5, 5.41) is 3.16. The maximum atomic E-state index is 4.52. The molecular formula is C24H21NP2Te2+2. The van der Waals surface area contributed by atoms with Gasteiger partial charge in [0.15, 0.2) is 0 Å². The van der Waals surface area contributed by atoms with Gasteiger partial charge in [-0.05, 0) is 0 Å². The minimum absolute atomic E-state index is 0.157. The molecule has 0 aromatic heterocycles. The van der Waals surface area contributed by atoms with Crippen molar-refractivity contribution in [1.82, 2.24) is 4.86 Å². The first-order valence-electron chi connectivity index (χ1n) is 9.52. The molecule has 1 N–H and O–H groups in total.